The van der Waals surface area contributed by atoms with Crippen LogP contribution in [0.1, 0.15) is 11.8 Å². The zero-order chi connectivity index (χ0) is 18.6. The molecule has 0 amide bonds. The molecule has 0 radical (unpaired) electrons. The molecule has 6 heteroatoms. The first kappa shape index (κ1) is 17.2. The summed E-state index contributed by atoms with van der Waals surface area (Å²) in [4.78, 5) is 15.8. The zero-order valence-electron chi connectivity index (χ0n) is 15.3. The smallest absolute Gasteiger partial charge is 0.163 e. The lowest BCUT2D eigenvalue weighted by Gasteiger charge is -2.23. The van der Waals surface area contributed by atoms with Crippen molar-refractivity contribution in [2.75, 3.05) is 26.0 Å². The Morgan fingerprint density at radius 1 is 1.04 bits per heavy atom. The molecule has 3 heterocycles. The van der Waals surface area contributed by atoms with Crippen LogP contribution in [-0.4, -0.2) is 40.5 Å². The number of benzene rings is 1. The molecule has 0 bridgehead atoms. The Balaban J connectivity index is 1.70. The minimum Gasteiger partial charge on any atom is -0.468 e. The summed E-state index contributed by atoms with van der Waals surface area (Å²) < 4.78 is 5.60. The third-order valence-corrected chi connectivity index (χ3v) is 4.48. The van der Waals surface area contributed by atoms with E-state index in [0.717, 1.165) is 28.0 Å². The standard InChI is InChI=1S/C21H21N5O/c1-26(2)18(19-10-6-12-27-19)14-23-21-16-8-3-4-9-17(16)24-20(25-21)15-7-5-11-22-13-15/h3-13,18H,14H2,1-2H3,(H,23,24,25). The van der Waals surface area contributed by atoms with Crippen LogP contribution in [0.25, 0.3) is 22.3 Å². The van der Waals surface area contributed by atoms with Gasteiger partial charge in [0.05, 0.1) is 17.8 Å². The van der Waals surface area contributed by atoms with E-state index in [4.69, 9.17) is 14.4 Å². The fraction of sp³-hybridized carbons (Fsp3) is 0.190. The molecule has 136 valence electrons. The number of likely N-dealkylation sites (N-methyl/N-ethyl adjacent to an activating group) is 1. The van der Waals surface area contributed by atoms with E-state index in [-0.39, 0.29) is 6.04 Å². The second kappa shape index (κ2) is 7.55. The van der Waals surface area contributed by atoms with Crippen molar-refractivity contribution in [3.63, 3.8) is 0 Å². The van der Waals surface area contributed by atoms with Crippen molar-refractivity contribution < 1.29 is 4.42 Å². The van der Waals surface area contributed by atoms with Crippen molar-refractivity contribution in [3.05, 3.63) is 72.9 Å². The lowest BCUT2D eigenvalue weighted by Crippen LogP contribution is -2.26. The summed E-state index contributed by atoms with van der Waals surface area (Å²) in [6.45, 7) is 0.661. The van der Waals surface area contributed by atoms with Gasteiger partial charge in [-0.3, -0.25) is 9.88 Å². The SMILES string of the molecule is CN(C)C(CNc1nc(-c2cccnc2)nc2ccccc12)c1ccco1. The molecule has 4 rings (SSSR count). The van der Waals surface area contributed by atoms with Crippen LogP contribution in [0, 0.1) is 0 Å². The average molecular weight is 359 g/mol. The zero-order valence-corrected chi connectivity index (χ0v) is 15.3. The van der Waals surface area contributed by atoms with E-state index in [2.05, 4.69) is 15.2 Å². The molecule has 0 spiro atoms. The summed E-state index contributed by atoms with van der Waals surface area (Å²) >= 11 is 0. The molecule has 0 saturated heterocycles. The molecule has 3 aromatic heterocycles. The van der Waals surface area contributed by atoms with Gasteiger partial charge in [-0.25, -0.2) is 9.97 Å². The number of pyridine rings is 1. The molecule has 1 aromatic carbocycles. The Morgan fingerprint density at radius 3 is 2.67 bits per heavy atom. The topological polar surface area (TPSA) is 67.1 Å². The minimum atomic E-state index is 0.0931. The number of fused-ring (bicyclic) bond motifs is 1. The van der Waals surface area contributed by atoms with Crippen LogP contribution in [0.4, 0.5) is 5.82 Å². The van der Waals surface area contributed by atoms with Crippen molar-refractivity contribution in [1.82, 2.24) is 19.9 Å². The molecule has 6 nitrogen and oxygen atoms in total. The maximum Gasteiger partial charge on any atom is 0.163 e. The van der Waals surface area contributed by atoms with Crippen molar-refractivity contribution in [1.29, 1.82) is 0 Å². The van der Waals surface area contributed by atoms with Gasteiger partial charge in [-0.05, 0) is 50.5 Å². The van der Waals surface area contributed by atoms with Gasteiger partial charge in [-0.1, -0.05) is 12.1 Å². The van der Waals surface area contributed by atoms with Crippen LogP contribution in [0.15, 0.2) is 71.6 Å². The quantitative estimate of drug-likeness (QED) is 0.561. The molecule has 0 fully saturated rings. The predicted molar refractivity (Wildman–Crippen MR) is 106 cm³/mol. The Morgan fingerprint density at radius 2 is 1.93 bits per heavy atom. The third kappa shape index (κ3) is 3.66. The van der Waals surface area contributed by atoms with Gasteiger partial charge >= 0.3 is 0 Å². The summed E-state index contributed by atoms with van der Waals surface area (Å²) in [5.74, 6) is 2.37. The Bertz CT molecular complexity index is 1020. The first-order valence-electron chi connectivity index (χ1n) is 8.83. The van der Waals surface area contributed by atoms with E-state index < -0.39 is 0 Å². The summed E-state index contributed by atoms with van der Waals surface area (Å²) in [6.07, 6.45) is 5.22. The van der Waals surface area contributed by atoms with Gasteiger partial charge in [0.2, 0.25) is 0 Å². The van der Waals surface area contributed by atoms with E-state index in [1.165, 1.54) is 0 Å². The highest BCUT2D eigenvalue weighted by Crippen LogP contribution is 2.26. The highest BCUT2D eigenvalue weighted by Gasteiger charge is 2.18. The number of nitrogens with zero attached hydrogens (tertiary/aromatic N) is 4. The monoisotopic (exact) mass is 359 g/mol. The van der Waals surface area contributed by atoms with E-state index in [9.17, 15) is 0 Å². The van der Waals surface area contributed by atoms with Crippen molar-refractivity contribution in [3.8, 4) is 11.4 Å². The minimum absolute atomic E-state index is 0.0931. The molecular formula is C21H21N5O. The fourth-order valence-corrected chi connectivity index (χ4v) is 3.05. The third-order valence-electron chi connectivity index (χ3n) is 4.48. The first-order valence-corrected chi connectivity index (χ1v) is 8.83. The molecule has 4 aromatic rings. The van der Waals surface area contributed by atoms with Crippen molar-refractivity contribution in [2.45, 2.75) is 6.04 Å². The van der Waals surface area contributed by atoms with Gasteiger partial charge in [-0.15, -0.1) is 0 Å². The van der Waals surface area contributed by atoms with Gasteiger partial charge in [0.25, 0.3) is 0 Å². The molecule has 0 aliphatic carbocycles. The molecule has 1 atom stereocenters. The van der Waals surface area contributed by atoms with Crippen LogP contribution in [0.3, 0.4) is 0 Å². The van der Waals surface area contributed by atoms with E-state index in [1.54, 1.807) is 18.7 Å². The number of hydrogen-bond acceptors (Lipinski definition) is 6. The molecule has 27 heavy (non-hydrogen) atoms. The van der Waals surface area contributed by atoms with Crippen LogP contribution < -0.4 is 5.32 Å². The average Bonchev–Trinajstić information content (AvgIpc) is 3.22. The van der Waals surface area contributed by atoms with Gasteiger partial charge in [-0.2, -0.15) is 0 Å². The highest BCUT2D eigenvalue weighted by atomic mass is 16.3. The number of anilines is 1. The lowest BCUT2D eigenvalue weighted by molar-refractivity contribution is 0.269. The Labute approximate surface area is 157 Å². The second-order valence-electron chi connectivity index (χ2n) is 6.53. The van der Waals surface area contributed by atoms with Gasteiger partial charge in [0, 0.05) is 29.9 Å². The molecule has 0 saturated carbocycles. The van der Waals surface area contributed by atoms with Crippen LogP contribution in [-0.2, 0) is 0 Å². The maximum atomic E-state index is 5.60. The van der Waals surface area contributed by atoms with Crippen molar-refractivity contribution in [2.24, 2.45) is 0 Å². The van der Waals surface area contributed by atoms with Gasteiger partial charge in [0.1, 0.15) is 11.6 Å². The van der Waals surface area contributed by atoms with Crippen LogP contribution in [0.2, 0.25) is 0 Å². The first-order chi connectivity index (χ1) is 13.2. The summed E-state index contributed by atoms with van der Waals surface area (Å²) in [5.41, 5.74) is 1.79. The molecule has 1 unspecified atom stereocenters. The molecule has 0 aliphatic heterocycles. The largest absolute Gasteiger partial charge is 0.468 e. The number of nitrogens with one attached hydrogen (secondary N) is 1. The Hall–Kier alpha value is -3.25. The highest BCUT2D eigenvalue weighted by molar-refractivity contribution is 5.90. The predicted octanol–water partition coefficient (Wildman–Crippen LogP) is 4.00. The van der Waals surface area contributed by atoms with Gasteiger partial charge < -0.3 is 9.73 Å². The number of rotatable bonds is 6. The van der Waals surface area contributed by atoms with Crippen molar-refractivity contribution >= 4 is 16.7 Å². The fourth-order valence-electron chi connectivity index (χ4n) is 3.05. The van der Waals surface area contributed by atoms with E-state index in [0.29, 0.717) is 12.4 Å². The normalized spacial score (nSPS) is 12.4. The summed E-state index contributed by atoms with van der Waals surface area (Å²) in [6, 6.07) is 15.9. The number of para-hydroxylation sites is 1. The molecule has 1 N–H and O–H groups in total. The number of hydrogen-bond donors (Lipinski definition) is 1. The lowest BCUT2D eigenvalue weighted by atomic mass is 10.2. The van der Waals surface area contributed by atoms with E-state index >= 15 is 0 Å². The summed E-state index contributed by atoms with van der Waals surface area (Å²) in [7, 11) is 4.07. The number of furan rings is 1. The molecular weight excluding hydrogens is 338 g/mol. The summed E-state index contributed by atoms with van der Waals surface area (Å²) in [5, 5.41) is 4.48. The van der Waals surface area contributed by atoms with Crippen LogP contribution >= 0.6 is 0 Å². The van der Waals surface area contributed by atoms with Crippen LogP contribution in [0.5, 0.6) is 0 Å². The second-order valence-corrected chi connectivity index (χ2v) is 6.53. The maximum absolute atomic E-state index is 5.60. The van der Waals surface area contributed by atoms with E-state index in [1.807, 2.05) is 62.6 Å². The number of aromatic nitrogens is 3. The Kier molecular flexibility index (Phi) is 4.80. The molecule has 0 aliphatic rings. The van der Waals surface area contributed by atoms with Gasteiger partial charge in [0.15, 0.2) is 5.82 Å².